The number of H-pyrrole nitrogens is 1. The first-order chi connectivity index (χ1) is 15.6. The van der Waals surface area contributed by atoms with Crippen molar-refractivity contribution in [3.8, 4) is 5.69 Å². The molecule has 33 heavy (non-hydrogen) atoms. The third kappa shape index (κ3) is 5.02. The summed E-state index contributed by atoms with van der Waals surface area (Å²) in [5, 5.41) is 4.28. The van der Waals surface area contributed by atoms with Gasteiger partial charge >= 0.3 is 5.69 Å². The van der Waals surface area contributed by atoms with Crippen LogP contribution >= 0.6 is 0 Å². The highest BCUT2D eigenvalue weighted by Crippen LogP contribution is 2.21. The number of halogens is 1. The fourth-order valence-corrected chi connectivity index (χ4v) is 3.45. The molecule has 3 aromatic rings. The van der Waals surface area contributed by atoms with Crippen LogP contribution in [0.2, 0.25) is 0 Å². The highest BCUT2D eigenvalue weighted by Gasteiger charge is 2.29. The van der Waals surface area contributed by atoms with Gasteiger partial charge in [-0.15, -0.1) is 5.10 Å². The summed E-state index contributed by atoms with van der Waals surface area (Å²) in [5.41, 5.74) is 5.26. The molecule has 0 fully saturated rings. The van der Waals surface area contributed by atoms with Crippen LogP contribution in [0.5, 0.6) is 0 Å². The number of nitrogens with two attached hydrogens (primary N) is 1. The Morgan fingerprint density at radius 3 is 2.52 bits per heavy atom. The highest BCUT2D eigenvalue weighted by atomic mass is 19.1. The minimum atomic E-state index is -0.756. The van der Waals surface area contributed by atoms with Gasteiger partial charge in [-0.25, -0.2) is 18.9 Å². The summed E-state index contributed by atoms with van der Waals surface area (Å²) < 4.78 is 16.0. The van der Waals surface area contributed by atoms with E-state index >= 15 is 0 Å². The lowest BCUT2D eigenvalue weighted by atomic mass is 10.2. The molecule has 11 heteroatoms. The van der Waals surface area contributed by atoms with E-state index in [1.165, 1.54) is 38.4 Å². The molecule has 0 aliphatic rings. The van der Waals surface area contributed by atoms with Gasteiger partial charge in [0, 0.05) is 13.1 Å². The molecule has 1 aromatic carbocycles. The van der Waals surface area contributed by atoms with Crippen molar-refractivity contribution >= 4 is 17.4 Å². The molecule has 0 unspecified atom stereocenters. The van der Waals surface area contributed by atoms with Gasteiger partial charge in [-0.2, -0.15) is 0 Å². The number of hydrogen-bond acceptors (Lipinski definition) is 6. The van der Waals surface area contributed by atoms with Crippen LogP contribution in [-0.2, 0) is 6.54 Å². The molecule has 0 saturated heterocycles. The van der Waals surface area contributed by atoms with Gasteiger partial charge in [-0.05, 0) is 43.5 Å². The van der Waals surface area contributed by atoms with Crippen molar-refractivity contribution in [2.45, 2.75) is 47.1 Å². The van der Waals surface area contributed by atoms with E-state index in [0.717, 1.165) is 6.42 Å². The topological polar surface area (TPSA) is 132 Å². The maximum absolute atomic E-state index is 13.5. The molecule has 2 heterocycles. The number of hydrogen-bond donors (Lipinski definition) is 2. The number of benzene rings is 1. The van der Waals surface area contributed by atoms with Crippen molar-refractivity contribution in [1.29, 1.82) is 0 Å². The van der Waals surface area contributed by atoms with E-state index in [1.54, 1.807) is 6.92 Å². The normalized spacial score (nSPS) is 11.2. The van der Waals surface area contributed by atoms with Gasteiger partial charge in [0.25, 0.3) is 11.5 Å². The third-order valence-electron chi connectivity index (χ3n) is 5.04. The second-order valence-corrected chi connectivity index (χ2v) is 8.18. The van der Waals surface area contributed by atoms with Crippen LogP contribution in [0.3, 0.4) is 0 Å². The molecule has 3 rings (SSSR count). The molecule has 0 bridgehead atoms. The maximum atomic E-state index is 13.5. The Kier molecular flexibility index (Phi) is 7.10. The molecule has 10 nitrogen and oxygen atoms in total. The number of carbonyl (C=O) groups excluding carboxylic acids is 1. The Bertz CT molecular complexity index is 1260. The molecule has 0 radical (unpaired) electrons. The minimum Gasteiger partial charge on any atom is -0.383 e. The zero-order valence-corrected chi connectivity index (χ0v) is 19.1. The summed E-state index contributed by atoms with van der Waals surface area (Å²) in [4.78, 5) is 46.3. The highest BCUT2D eigenvalue weighted by molar-refractivity contribution is 6.04. The lowest BCUT2D eigenvalue weighted by Gasteiger charge is -2.25. The number of amides is 1. The zero-order valence-electron chi connectivity index (χ0n) is 19.1. The molecule has 3 N–H and O–H groups in total. The first kappa shape index (κ1) is 23.9. The van der Waals surface area contributed by atoms with Crippen molar-refractivity contribution in [3.05, 3.63) is 62.6 Å². The Hall–Kier alpha value is -3.76. The fourth-order valence-electron chi connectivity index (χ4n) is 3.45. The molecule has 0 spiro atoms. The molecule has 2 aromatic heterocycles. The number of nitrogens with zero attached hydrogens (tertiary/aromatic N) is 5. The van der Waals surface area contributed by atoms with Gasteiger partial charge in [0.15, 0.2) is 5.69 Å². The quantitative estimate of drug-likeness (QED) is 0.533. The van der Waals surface area contributed by atoms with E-state index in [9.17, 15) is 18.8 Å². The molecule has 176 valence electrons. The molecule has 0 saturated carbocycles. The average molecular weight is 458 g/mol. The zero-order chi connectivity index (χ0) is 24.3. The smallest absolute Gasteiger partial charge is 0.330 e. The monoisotopic (exact) mass is 457 g/mol. The molecule has 0 atom stereocenters. The van der Waals surface area contributed by atoms with Crippen molar-refractivity contribution < 1.29 is 9.18 Å². The van der Waals surface area contributed by atoms with E-state index < -0.39 is 23.0 Å². The van der Waals surface area contributed by atoms with Crippen LogP contribution in [0.1, 0.15) is 50.1 Å². The number of nitrogens with one attached hydrogen (secondary N) is 1. The molecule has 1 amide bonds. The standard InChI is InChI=1S/C22H28FN7O3/c1-5-6-11-28-18(24)17(20(31)26-22(28)33)29(12-13(2)3)21(32)19-25-14(4)30(27-19)16-9-7-15(23)8-10-16/h7-10,13H,5-6,11-12,24H2,1-4H3,(H,26,31,33). The summed E-state index contributed by atoms with van der Waals surface area (Å²) >= 11 is 0. The molecular weight excluding hydrogens is 429 g/mol. The Morgan fingerprint density at radius 2 is 1.91 bits per heavy atom. The lowest BCUT2D eigenvalue weighted by Crippen LogP contribution is -2.43. The summed E-state index contributed by atoms with van der Waals surface area (Å²) in [5.74, 6) is -0.883. The predicted octanol–water partition coefficient (Wildman–Crippen LogP) is 2.25. The number of carbonyl (C=O) groups is 1. The summed E-state index contributed by atoms with van der Waals surface area (Å²) in [6.07, 6.45) is 1.50. The second-order valence-electron chi connectivity index (χ2n) is 8.18. The van der Waals surface area contributed by atoms with E-state index in [0.29, 0.717) is 24.5 Å². The molecule has 0 aliphatic heterocycles. The van der Waals surface area contributed by atoms with Crippen LogP contribution < -0.4 is 21.9 Å². The van der Waals surface area contributed by atoms with Gasteiger partial charge in [0.2, 0.25) is 5.82 Å². The van der Waals surface area contributed by atoms with Gasteiger partial charge in [0.1, 0.15) is 17.5 Å². The summed E-state index contributed by atoms with van der Waals surface area (Å²) in [6, 6.07) is 5.60. The summed E-state index contributed by atoms with van der Waals surface area (Å²) in [7, 11) is 0. The van der Waals surface area contributed by atoms with Crippen molar-refractivity contribution in [2.75, 3.05) is 17.2 Å². The van der Waals surface area contributed by atoms with Crippen molar-refractivity contribution in [1.82, 2.24) is 24.3 Å². The van der Waals surface area contributed by atoms with Gasteiger partial charge in [0.05, 0.1) is 5.69 Å². The number of nitrogen functional groups attached to an aromatic ring is 1. The predicted molar refractivity (Wildman–Crippen MR) is 123 cm³/mol. The average Bonchev–Trinajstić information content (AvgIpc) is 3.14. The van der Waals surface area contributed by atoms with Crippen LogP contribution in [0.15, 0.2) is 33.9 Å². The van der Waals surface area contributed by atoms with Crippen LogP contribution in [0.4, 0.5) is 15.9 Å². The maximum Gasteiger partial charge on any atom is 0.330 e. The number of aromatic nitrogens is 5. The van der Waals surface area contributed by atoms with E-state index in [-0.39, 0.29) is 29.8 Å². The van der Waals surface area contributed by atoms with Gasteiger partial charge in [-0.1, -0.05) is 27.2 Å². The van der Waals surface area contributed by atoms with Crippen LogP contribution in [-0.4, -0.2) is 36.8 Å². The van der Waals surface area contributed by atoms with E-state index in [1.807, 2.05) is 20.8 Å². The molecule has 0 aliphatic carbocycles. The van der Waals surface area contributed by atoms with Crippen LogP contribution in [0, 0.1) is 18.7 Å². The van der Waals surface area contributed by atoms with Gasteiger partial charge < -0.3 is 5.73 Å². The lowest BCUT2D eigenvalue weighted by molar-refractivity contribution is 0.0973. The molecular formula is C22H28FN7O3. The summed E-state index contributed by atoms with van der Waals surface area (Å²) in [6.45, 7) is 7.86. The first-order valence-corrected chi connectivity index (χ1v) is 10.8. The van der Waals surface area contributed by atoms with Crippen molar-refractivity contribution in [3.63, 3.8) is 0 Å². The minimum absolute atomic E-state index is 0.0240. The number of rotatable bonds is 8. The number of aryl methyl sites for hydroxylation is 1. The number of aromatic amines is 1. The fraction of sp³-hybridized carbons (Fsp3) is 0.409. The first-order valence-electron chi connectivity index (χ1n) is 10.8. The van der Waals surface area contributed by atoms with Crippen molar-refractivity contribution in [2.24, 2.45) is 5.92 Å². The Morgan fingerprint density at radius 1 is 1.24 bits per heavy atom. The Labute approximate surface area is 189 Å². The van der Waals surface area contributed by atoms with E-state index in [2.05, 4.69) is 15.1 Å². The van der Waals surface area contributed by atoms with E-state index in [4.69, 9.17) is 5.73 Å². The third-order valence-corrected chi connectivity index (χ3v) is 5.04. The SMILES string of the molecule is CCCCn1c(N)c(N(CC(C)C)C(=O)c2nc(C)n(-c3ccc(F)cc3)n2)c(=O)[nH]c1=O. The number of anilines is 2. The second kappa shape index (κ2) is 9.80. The number of unbranched alkanes of at least 4 members (excludes halogenated alkanes) is 1. The largest absolute Gasteiger partial charge is 0.383 e. The van der Waals surface area contributed by atoms with Crippen LogP contribution in [0.25, 0.3) is 5.69 Å². The Balaban J connectivity index is 2.09. The van der Waals surface area contributed by atoms with Gasteiger partial charge in [-0.3, -0.25) is 24.0 Å².